The zero-order valence-electron chi connectivity index (χ0n) is 5.83. The lowest BCUT2D eigenvalue weighted by Gasteiger charge is -2.20. The lowest BCUT2D eigenvalue weighted by atomic mass is 10.3. The van der Waals surface area contributed by atoms with Crippen LogP contribution in [-0.4, -0.2) is 22.4 Å². The van der Waals surface area contributed by atoms with Crippen LogP contribution in [-0.2, 0) is 6.54 Å². The number of hydrogen-bond acceptors (Lipinski definition) is 3. The largest absolute Gasteiger partial charge is 0.475 e. The van der Waals surface area contributed by atoms with E-state index in [-0.39, 0.29) is 6.04 Å². The SMILES string of the molecule is NC1COc2c(Br)cnn2C1. The summed E-state index contributed by atoms with van der Waals surface area (Å²) in [7, 11) is 0. The van der Waals surface area contributed by atoms with Crippen LogP contribution in [0, 0.1) is 0 Å². The molecule has 0 aliphatic carbocycles. The molecule has 1 aromatic rings. The molecule has 0 bridgehead atoms. The van der Waals surface area contributed by atoms with Gasteiger partial charge >= 0.3 is 0 Å². The van der Waals surface area contributed by atoms with Gasteiger partial charge in [0, 0.05) is 0 Å². The lowest BCUT2D eigenvalue weighted by Crippen LogP contribution is -2.37. The normalized spacial score (nSPS) is 22.5. The number of nitrogens with two attached hydrogens (primary N) is 1. The fourth-order valence-electron chi connectivity index (χ4n) is 1.09. The Kier molecular flexibility index (Phi) is 1.61. The highest BCUT2D eigenvalue weighted by Crippen LogP contribution is 2.26. The van der Waals surface area contributed by atoms with Crippen molar-refractivity contribution in [1.82, 2.24) is 9.78 Å². The van der Waals surface area contributed by atoms with Crippen LogP contribution >= 0.6 is 15.9 Å². The van der Waals surface area contributed by atoms with E-state index in [0.717, 1.165) is 16.9 Å². The Bertz CT molecular complexity index is 273. The molecule has 1 atom stereocenters. The zero-order valence-corrected chi connectivity index (χ0v) is 7.41. The van der Waals surface area contributed by atoms with Gasteiger partial charge in [-0.2, -0.15) is 5.10 Å². The van der Waals surface area contributed by atoms with Gasteiger partial charge in [0.15, 0.2) is 0 Å². The van der Waals surface area contributed by atoms with Crippen LogP contribution in [0.5, 0.6) is 5.88 Å². The Morgan fingerprint density at radius 1 is 1.82 bits per heavy atom. The van der Waals surface area contributed by atoms with E-state index in [1.807, 2.05) is 0 Å². The molecule has 0 saturated heterocycles. The third kappa shape index (κ3) is 1.14. The van der Waals surface area contributed by atoms with Crippen molar-refractivity contribution in [2.24, 2.45) is 5.73 Å². The van der Waals surface area contributed by atoms with E-state index in [1.54, 1.807) is 10.9 Å². The fourth-order valence-corrected chi connectivity index (χ4v) is 1.50. The Morgan fingerprint density at radius 3 is 3.45 bits per heavy atom. The number of rotatable bonds is 0. The first-order valence-corrected chi connectivity index (χ1v) is 4.16. The van der Waals surface area contributed by atoms with Crippen molar-refractivity contribution < 1.29 is 4.74 Å². The minimum absolute atomic E-state index is 0.0642. The minimum atomic E-state index is 0.0642. The summed E-state index contributed by atoms with van der Waals surface area (Å²) < 4.78 is 7.99. The second kappa shape index (κ2) is 2.49. The van der Waals surface area contributed by atoms with Gasteiger partial charge in [-0.05, 0) is 15.9 Å². The molecule has 4 nitrogen and oxygen atoms in total. The van der Waals surface area contributed by atoms with Gasteiger partial charge in [-0.3, -0.25) is 0 Å². The maximum absolute atomic E-state index is 5.66. The summed E-state index contributed by atoms with van der Waals surface area (Å²) in [6.07, 6.45) is 1.72. The van der Waals surface area contributed by atoms with Gasteiger partial charge in [0.25, 0.3) is 0 Å². The standard InChI is InChI=1S/C6H8BrN3O/c7-5-1-9-10-2-4(8)3-11-6(5)10/h1,4H,2-3,8H2. The molecule has 0 aromatic carbocycles. The molecule has 0 radical (unpaired) electrons. The van der Waals surface area contributed by atoms with E-state index in [9.17, 15) is 0 Å². The first-order chi connectivity index (χ1) is 5.27. The molecular weight excluding hydrogens is 210 g/mol. The van der Waals surface area contributed by atoms with Crippen LogP contribution in [0.15, 0.2) is 10.7 Å². The van der Waals surface area contributed by atoms with Gasteiger partial charge in [-0.1, -0.05) is 0 Å². The smallest absolute Gasteiger partial charge is 0.226 e. The maximum Gasteiger partial charge on any atom is 0.226 e. The molecule has 1 aromatic heterocycles. The summed E-state index contributed by atoms with van der Waals surface area (Å²) in [6, 6.07) is 0.0642. The van der Waals surface area contributed by atoms with Crippen LogP contribution in [0.3, 0.4) is 0 Å². The van der Waals surface area contributed by atoms with Crippen LogP contribution in [0.1, 0.15) is 0 Å². The molecular formula is C6H8BrN3O. The van der Waals surface area contributed by atoms with E-state index < -0.39 is 0 Å². The maximum atomic E-state index is 5.66. The Morgan fingerprint density at radius 2 is 2.64 bits per heavy atom. The van der Waals surface area contributed by atoms with Crippen molar-refractivity contribution in [3.8, 4) is 5.88 Å². The molecule has 0 fully saturated rings. The Balaban J connectivity index is 2.36. The van der Waals surface area contributed by atoms with Crippen LogP contribution < -0.4 is 10.5 Å². The summed E-state index contributed by atoms with van der Waals surface area (Å²) >= 11 is 3.32. The van der Waals surface area contributed by atoms with Crippen molar-refractivity contribution in [3.63, 3.8) is 0 Å². The molecule has 1 aliphatic heterocycles. The van der Waals surface area contributed by atoms with Crippen LogP contribution in [0.25, 0.3) is 0 Å². The van der Waals surface area contributed by atoms with Gasteiger partial charge in [-0.15, -0.1) is 0 Å². The van der Waals surface area contributed by atoms with Crippen molar-refractivity contribution in [2.45, 2.75) is 12.6 Å². The summed E-state index contributed by atoms with van der Waals surface area (Å²) in [5, 5.41) is 4.07. The van der Waals surface area contributed by atoms with Crippen molar-refractivity contribution >= 4 is 15.9 Å². The van der Waals surface area contributed by atoms with Crippen molar-refractivity contribution in [2.75, 3.05) is 6.61 Å². The monoisotopic (exact) mass is 217 g/mol. The van der Waals surface area contributed by atoms with E-state index in [2.05, 4.69) is 21.0 Å². The lowest BCUT2D eigenvalue weighted by molar-refractivity contribution is 0.204. The van der Waals surface area contributed by atoms with E-state index in [4.69, 9.17) is 10.5 Å². The molecule has 1 aliphatic rings. The first-order valence-electron chi connectivity index (χ1n) is 3.37. The van der Waals surface area contributed by atoms with Gasteiger partial charge < -0.3 is 10.5 Å². The third-order valence-corrected chi connectivity index (χ3v) is 2.13. The highest BCUT2D eigenvalue weighted by molar-refractivity contribution is 9.10. The molecule has 2 N–H and O–H groups in total. The summed E-state index contributed by atoms with van der Waals surface area (Å²) in [4.78, 5) is 0. The molecule has 0 spiro atoms. The highest BCUT2D eigenvalue weighted by atomic mass is 79.9. The van der Waals surface area contributed by atoms with Crippen molar-refractivity contribution in [3.05, 3.63) is 10.7 Å². The number of fused-ring (bicyclic) bond motifs is 1. The number of ether oxygens (including phenoxy) is 1. The predicted octanol–water partition coefficient (Wildman–Crippen LogP) is 0.365. The van der Waals surface area contributed by atoms with Gasteiger partial charge in [0.2, 0.25) is 5.88 Å². The van der Waals surface area contributed by atoms with Crippen molar-refractivity contribution in [1.29, 1.82) is 0 Å². The number of halogens is 1. The Labute approximate surface area is 72.4 Å². The Hall–Kier alpha value is -0.550. The van der Waals surface area contributed by atoms with Crippen LogP contribution in [0.4, 0.5) is 0 Å². The average molecular weight is 218 g/mol. The van der Waals surface area contributed by atoms with Gasteiger partial charge in [-0.25, -0.2) is 4.68 Å². The molecule has 2 heterocycles. The topological polar surface area (TPSA) is 53.1 Å². The summed E-state index contributed by atoms with van der Waals surface area (Å²) in [5.41, 5.74) is 5.66. The first kappa shape index (κ1) is 7.12. The average Bonchev–Trinajstić information content (AvgIpc) is 2.32. The predicted molar refractivity (Wildman–Crippen MR) is 43.4 cm³/mol. The molecule has 1 unspecified atom stereocenters. The fraction of sp³-hybridized carbons (Fsp3) is 0.500. The van der Waals surface area contributed by atoms with Crippen LogP contribution in [0.2, 0.25) is 0 Å². The molecule has 2 rings (SSSR count). The summed E-state index contributed by atoms with van der Waals surface area (Å²) in [6.45, 7) is 1.31. The third-order valence-electron chi connectivity index (χ3n) is 1.59. The van der Waals surface area contributed by atoms with E-state index >= 15 is 0 Å². The molecule has 5 heteroatoms. The number of aromatic nitrogens is 2. The molecule has 0 saturated carbocycles. The van der Waals surface area contributed by atoms with Gasteiger partial charge in [0.1, 0.15) is 6.61 Å². The number of nitrogens with zero attached hydrogens (tertiary/aromatic N) is 2. The molecule has 60 valence electrons. The molecule has 0 amide bonds. The van der Waals surface area contributed by atoms with E-state index in [0.29, 0.717) is 6.61 Å². The number of hydrogen-bond donors (Lipinski definition) is 1. The molecule has 11 heavy (non-hydrogen) atoms. The zero-order chi connectivity index (χ0) is 7.84. The van der Waals surface area contributed by atoms with E-state index in [1.165, 1.54) is 0 Å². The highest BCUT2D eigenvalue weighted by Gasteiger charge is 2.19. The second-order valence-electron chi connectivity index (χ2n) is 2.55. The van der Waals surface area contributed by atoms with Gasteiger partial charge in [0.05, 0.1) is 23.3 Å². The summed E-state index contributed by atoms with van der Waals surface area (Å²) in [5.74, 6) is 0.784. The quantitative estimate of drug-likeness (QED) is 0.684. The minimum Gasteiger partial charge on any atom is -0.475 e. The second-order valence-corrected chi connectivity index (χ2v) is 3.41.